The first-order chi connectivity index (χ1) is 35.6. The van der Waals surface area contributed by atoms with Gasteiger partial charge in [-0.2, -0.15) is 9.97 Å². The van der Waals surface area contributed by atoms with Gasteiger partial charge >= 0.3 is 23.6 Å². The fourth-order valence-corrected chi connectivity index (χ4v) is 9.30. The molecule has 0 N–H and O–H groups in total. The van der Waals surface area contributed by atoms with E-state index in [1.54, 1.807) is 81.9 Å². The number of pyridine rings is 4. The maximum Gasteiger partial charge on any atom is 0.410 e. The Kier molecular flexibility index (Phi) is 16.5. The highest BCUT2D eigenvalue weighted by molar-refractivity contribution is 6.30. The number of aryl methyl sites for hydroxylation is 2. The average Bonchev–Trinajstić information content (AvgIpc) is 3.34. The van der Waals surface area contributed by atoms with E-state index in [1.807, 2.05) is 46.4 Å². The third-order valence-corrected chi connectivity index (χ3v) is 13.0. The number of piperazine rings is 2. The molecule has 0 spiro atoms. The molecule has 19 nitrogen and oxygen atoms in total. The molecule has 2 atom stereocenters. The van der Waals surface area contributed by atoms with Crippen LogP contribution in [0.15, 0.2) is 58.9 Å². The van der Waals surface area contributed by atoms with Crippen molar-refractivity contribution in [1.82, 2.24) is 48.8 Å². The van der Waals surface area contributed by atoms with E-state index in [-0.39, 0.29) is 71.5 Å². The molecule has 2 amide bonds. The summed E-state index contributed by atoms with van der Waals surface area (Å²) in [4.78, 5) is 97.3. The van der Waals surface area contributed by atoms with Gasteiger partial charge < -0.3 is 33.9 Å². The summed E-state index contributed by atoms with van der Waals surface area (Å²) in [6.07, 6.45) is 4.67. The Labute approximate surface area is 448 Å². The summed E-state index contributed by atoms with van der Waals surface area (Å²) in [5.41, 5.74) is 1.54. The van der Waals surface area contributed by atoms with E-state index in [2.05, 4.69) is 36.5 Å². The van der Waals surface area contributed by atoms with Crippen LogP contribution in [0.1, 0.15) is 104 Å². The largest absolute Gasteiger partial charge is 0.444 e. The molecule has 0 aliphatic carbocycles. The monoisotopic (exact) mass is 1090 g/mol. The van der Waals surface area contributed by atoms with Crippen LogP contribution in [0.4, 0.5) is 30.0 Å². The van der Waals surface area contributed by atoms with Crippen LogP contribution in [-0.2, 0) is 14.3 Å². The highest BCUT2D eigenvalue weighted by atomic mass is 35.5. The molecule has 0 radical (unpaired) electrons. The second kappa shape index (κ2) is 22.2. The maximum absolute atomic E-state index is 14.8. The summed E-state index contributed by atoms with van der Waals surface area (Å²) in [6.45, 7) is 27.4. The Bertz CT molecular complexity index is 3160. The molecule has 0 saturated carbocycles. The van der Waals surface area contributed by atoms with Crippen molar-refractivity contribution in [2.24, 2.45) is 0 Å². The number of hydrogen-bond donors (Lipinski definition) is 0. The molecule has 2 aliphatic rings. The zero-order valence-electron chi connectivity index (χ0n) is 44.6. The Morgan fingerprint density at radius 1 is 0.671 bits per heavy atom. The van der Waals surface area contributed by atoms with Gasteiger partial charge in [0.15, 0.2) is 33.2 Å². The van der Waals surface area contributed by atoms with Crippen LogP contribution >= 0.6 is 23.2 Å². The molecule has 6 aromatic rings. The van der Waals surface area contributed by atoms with E-state index in [0.717, 1.165) is 17.2 Å². The first-order valence-electron chi connectivity index (χ1n) is 24.7. The lowest BCUT2D eigenvalue weighted by Crippen LogP contribution is -2.57. The molecule has 2 saturated heterocycles. The van der Waals surface area contributed by atoms with Crippen LogP contribution < -0.4 is 21.2 Å². The number of carbonyl (C=O) groups is 3. The van der Waals surface area contributed by atoms with E-state index in [4.69, 9.17) is 32.7 Å². The highest BCUT2D eigenvalue weighted by Crippen LogP contribution is 2.35. The lowest BCUT2D eigenvalue weighted by Gasteiger charge is -2.41. The maximum atomic E-state index is 14.8. The predicted molar refractivity (Wildman–Crippen MR) is 288 cm³/mol. The van der Waals surface area contributed by atoms with Gasteiger partial charge in [-0.15, -0.1) is 6.58 Å². The molecule has 0 bridgehead atoms. The molecule has 404 valence electrons. The van der Waals surface area contributed by atoms with Gasteiger partial charge in [-0.05, 0) is 103 Å². The van der Waals surface area contributed by atoms with E-state index in [1.165, 1.54) is 20.1 Å². The molecular weight excluding hydrogens is 1030 g/mol. The van der Waals surface area contributed by atoms with Crippen LogP contribution in [0.5, 0.6) is 0 Å². The second-order valence-electron chi connectivity index (χ2n) is 21.1. The Hall–Kier alpha value is -7.13. The topological polar surface area (TPSA) is 204 Å². The highest BCUT2D eigenvalue weighted by Gasteiger charge is 2.36. The van der Waals surface area contributed by atoms with E-state index in [0.29, 0.717) is 47.5 Å². The normalized spacial score (nSPS) is 16.3. The molecule has 8 rings (SSSR count). The van der Waals surface area contributed by atoms with Gasteiger partial charge in [0, 0.05) is 45.1 Å². The number of rotatable bonds is 8. The molecular formula is C53H62Cl2F2N12O7. The number of carbonyl (C=O) groups excluding carboxylic acids is 3. The summed E-state index contributed by atoms with van der Waals surface area (Å²) in [6, 6.07) is 4.69. The van der Waals surface area contributed by atoms with Crippen LogP contribution in [0, 0.1) is 25.5 Å². The van der Waals surface area contributed by atoms with Crippen LogP contribution in [0.25, 0.3) is 33.4 Å². The van der Waals surface area contributed by atoms with E-state index in [9.17, 15) is 32.8 Å². The van der Waals surface area contributed by atoms with Crippen molar-refractivity contribution in [3.05, 3.63) is 115 Å². The lowest BCUT2D eigenvalue weighted by atomic mass is 10.0. The Morgan fingerprint density at radius 2 is 1.05 bits per heavy atom. The van der Waals surface area contributed by atoms with Crippen molar-refractivity contribution in [3.8, 4) is 11.4 Å². The smallest absolute Gasteiger partial charge is 0.410 e. The Morgan fingerprint density at radius 3 is 1.41 bits per heavy atom. The fraction of sp³-hybridized carbons (Fsp3) is 0.453. The molecule has 76 heavy (non-hydrogen) atoms. The molecule has 2 aliphatic heterocycles. The SMILES string of the molecule is C=CC1CN(C(=O)OC(C)(C)C)CCN1c1nc(=O)n(-c2c(C)ccnc2C(C)C)c2nc(Cl)c(F)cc12.Cc1ccnc(C(C)C)c1-n1c(=O)nc(N2CCN(C(=O)OC(C)(C)C)CC2C=O)c2cc(F)c(Cl)nc21. The molecule has 2 fully saturated rings. The minimum absolute atomic E-state index is 0.00600. The van der Waals surface area contributed by atoms with Gasteiger partial charge in [0.05, 0.1) is 46.1 Å². The number of halogens is 4. The average molecular weight is 1090 g/mol. The third-order valence-electron chi connectivity index (χ3n) is 12.5. The van der Waals surface area contributed by atoms with Crippen LogP contribution in [0.2, 0.25) is 10.3 Å². The number of amides is 2. The summed E-state index contributed by atoms with van der Waals surface area (Å²) < 4.78 is 43.1. The van der Waals surface area contributed by atoms with Crippen molar-refractivity contribution in [2.75, 3.05) is 49.1 Å². The summed E-state index contributed by atoms with van der Waals surface area (Å²) in [5.74, 6) is -1.25. The van der Waals surface area contributed by atoms with E-state index < -0.39 is 63.6 Å². The first-order valence-corrected chi connectivity index (χ1v) is 25.5. The minimum atomic E-state index is -0.854. The summed E-state index contributed by atoms with van der Waals surface area (Å²) in [7, 11) is 0. The minimum Gasteiger partial charge on any atom is -0.444 e. The van der Waals surface area contributed by atoms with Gasteiger partial charge in [-0.1, -0.05) is 57.0 Å². The van der Waals surface area contributed by atoms with Crippen molar-refractivity contribution >= 4 is 75.4 Å². The van der Waals surface area contributed by atoms with Crippen molar-refractivity contribution < 1.29 is 32.6 Å². The quantitative estimate of drug-likeness (QED) is 0.0792. The number of aldehydes is 1. The van der Waals surface area contributed by atoms with Gasteiger partial charge in [0.2, 0.25) is 0 Å². The molecule has 0 aromatic carbocycles. The first kappa shape index (κ1) is 56.6. The number of aromatic nitrogens is 8. The summed E-state index contributed by atoms with van der Waals surface area (Å²) in [5, 5.41) is -0.258. The number of anilines is 2. The lowest BCUT2D eigenvalue weighted by molar-refractivity contribution is -0.109. The number of ether oxygens (including phenoxy) is 2. The van der Waals surface area contributed by atoms with Crippen molar-refractivity contribution in [1.29, 1.82) is 0 Å². The number of nitrogens with zero attached hydrogens (tertiary/aromatic N) is 12. The molecule has 2 unspecified atom stereocenters. The predicted octanol–water partition coefficient (Wildman–Crippen LogP) is 9.04. The zero-order valence-corrected chi connectivity index (χ0v) is 46.1. The molecule has 6 aromatic heterocycles. The number of hydrogen-bond acceptors (Lipinski definition) is 15. The van der Waals surface area contributed by atoms with Crippen LogP contribution in [-0.4, -0.2) is 130 Å². The number of fused-ring (bicyclic) bond motifs is 2. The van der Waals surface area contributed by atoms with Gasteiger partial charge in [0.1, 0.15) is 35.2 Å². The van der Waals surface area contributed by atoms with E-state index >= 15 is 0 Å². The van der Waals surface area contributed by atoms with Crippen molar-refractivity contribution in [2.45, 2.75) is 118 Å². The second-order valence-corrected chi connectivity index (χ2v) is 21.9. The van der Waals surface area contributed by atoms with Gasteiger partial charge in [0.25, 0.3) is 0 Å². The standard InChI is InChI=1S/C27H32ClFN6O3.C26H30ClFN6O4/c1-8-17-14-33(26(37)38-27(5,6)7)11-12-34(17)23-18-13-19(29)22(28)31-24(18)35(25(36)32-23)21-16(4)9-10-30-20(21)15(2)3;1-14(2)19-20(15(3)7-8-29-19)34-23-17(11-18(28)21(27)30-23)22(31-24(34)36)33-10-9-32(12-16(33)13-35)25(37)38-26(4,5)6/h8-10,13,15,17H,1,11-12,14H2,2-7H3;7-8,11,13-14,16H,9-10,12H2,1-6H3. The van der Waals surface area contributed by atoms with Gasteiger partial charge in [-0.25, -0.2) is 47.1 Å². The summed E-state index contributed by atoms with van der Waals surface area (Å²) >= 11 is 12.2. The molecule has 23 heteroatoms. The van der Waals surface area contributed by atoms with Crippen molar-refractivity contribution in [3.63, 3.8) is 0 Å². The van der Waals surface area contributed by atoms with Gasteiger partial charge in [-0.3, -0.25) is 9.97 Å². The van der Waals surface area contributed by atoms with Crippen LogP contribution in [0.3, 0.4) is 0 Å². The molecule has 8 heterocycles. The third kappa shape index (κ3) is 11.8. The fourth-order valence-electron chi connectivity index (χ4n) is 9.03. The Balaban J connectivity index is 0.000000221. The zero-order chi connectivity index (χ0) is 55.9.